The molecular formula is C19H24N4O5S2. The lowest BCUT2D eigenvalue weighted by Gasteiger charge is -2.36. The van der Waals surface area contributed by atoms with Crippen molar-refractivity contribution in [1.29, 1.82) is 0 Å². The fourth-order valence-electron chi connectivity index (χ4n) is 3.41. The molecule has 1 fully saturated rings. The molecule has 162 valence electrons. The van der Waals surface area contributed by atoms with E-state index in [2.05, 4.69) is 5.32 Å². The maximum absolute atomic E-state index is 12.9. The third-order valence-electron chi connectivity index (χ3n) is 5.16. The van der Waals surface area contributed by atoms with E-state index in [1.807, 2.05) is 18.7 Å². The molecule has 9 nitrogen and oxygen atoms in total. The average Bonchev–Trinajstić information content (AvgIpc) is 3.06. The van der Waals surface area contributed by atoms with Gasteiger partial charge in [0.15, 0.2) is 0 Å². The number of hydrogen-bond acceptors (Lipinski definition) is 7. The van der Waals surface area contributed by atoms with E-state index in [1.54, 1.807) is 13.0 Å². The van der Waals surface area contributed by atoms with Gasteiger partial charge in [-0.05, 0) is 39.0 Å². The number of nitro groups is 1. The fourth-order valence-corrected chi connectivity index (χ4v) is 6.36. The van der Waals surface area contributed by atoms with Crippen LogP contribution in [0.4, 0.5) is 11.4 Å². The van der Waals surface area contributed by atoms with Crippen LogP contribution in [0.2, 0.25) is 0 Å². The Morgan fingerprint density at radius 3 is 2.27 bits per heavy atom. The van der Waals surface area contributed by atoms with Crippen molar-refractivity contribution in [2.45, 2.75) is 31.7 Å². The van der Waals surface area contributed by atoms with Gasteiger partial charge in [-0.2, -0.15) is 4.31 Å². The first-order chi connectivity index (χ1) is 14.1. The predicted octanol–water partition coefficient (Wildman–Crippen LogP) is 2.61. The standard InChI is InChI=1S/C19H24N4O5S2/c1-13-12-18(15(3)29-13)30(27,28)22-10-8-21(9-11-22)14(2)19(24)20-16-4-6-17(7-5-16)23(25)26/h4-7,12,14H,8-11H2,1-3H3,(H,20,24). The summed E-state index contributed by atoms with van der Waals surface area (Å²) >= 11 is 1.47. The molecular weight excluding hydrogens is 428 g/mol. The molecule has 1 aliphatic heterocycles. The second kappa shape index (κ2) is 8.80. The van der Waals surface area contributed by atoms with Gasteiger partial charge in [-0.1, -0.05) is 0 Å². The molecule has 1 atom stereocenters. The highest BCUT2D eigenvalue weighted by Gasteiger charge is 2.33. The van der Waals surface area contributed by atoms with Crippen LogP contribution in [0.15, 0.2) is 35.2 Å². The van der Waals surface area contributed by atoms with Gasteiger partial charge in [-0.15, -0.1) is 11.3 Å². The molecule has 1 aromatic heterocycles. The Kier molecular flexibility index (Phi) is 6.56. The summed E-state index contributed by atoms with van der Waals surface area (Å²) in [6.45, 7) is 6.96. The first-order valence-corrected chi connectivity index (χ1v) is 11.7. The second-order valence-corrected chi connectivity index (χ2v) is 10.6. The van der Waals surface area contributed by atoms with Crippen LogP contribution < -0.4 is 5.32 Å². The number of non-ortho nitro benzene ring substituents is 1. The largest absolute Gasteiger partial charge is 0.325 e. The van der Waals surface area contributed by atoms with Crippen LogP contribution in [0, 0.1) is 24.0 Å². The van der Waals surface area contributed by atoms with Crippen LogP contribution in [-0.2, 0) is 14.8 Å². The topological polar surface area (TPSA) is 113 Å². The number of sulfonamides is 1. The molecule has 0 aliphatic carbocycles. The highest BCUT2D eigenvalue weighted by molar-refractivity contribution is 7.89. The van der Waals surface area contributed by atoms with E-state index in [-0.39, 0.29) is 11.6 Å². The Morgan fingerprint density at radius 2 is 1.77 bits per heavy atom. The van der Waals surface area contributed by atoms with Gasteiger partial charge in [0.1, 0.15) is 0 Å². The molecule has 3 rings (SSSR count). The van der Waals surface area contributed by atoms with Crippen LogP contribution in [0.1, 0.15) is 16.7 Å². The summed E-state index contributed by atoms with van der Waals surface area (Å²) in [7, 11) is -3.54. The zero-order chi connectivity index (χ0) is 22.1. The van der Waals surface area contributed by atoms with Crippen LogP contribution >= 0.6 is 11.3 Å². The third-order valence-corrected chi connectivity index (χ3v) is 8.28. The minimum atomic E-state index is -3.54. The molecule has 0 spiro atoms. The predicted molar refractivity (Wildman–Crippen MR) is 115 cm³/mol. The van der Waals surface area contributed by atoms with Crippen molar-refractivity contribution in [3.63, 3.8) is 0 Å². The second-order valence-electron chi connectivity index (χ2n) is 7.19. The molecule has 0 radical (unpaired) electrons. The number of benzene rings is 1. The molecule has 2 heterocycles. The van der Waals surface area contributed by atoms with Crippen molar-refractivity contribution in [3.05, 3.63) is 50.2 Å². The van der Waals surface area contributed by atoms with E-state index in [9.17, 15) is 23.3 Å². The van der Waals surface area contributed by atoms with E-state index < -0.39 is 21.0 Å². The lowest BCUT2D eigenvalue weighted by Crippen LogP contribution is -2.53. The van der Waals surface area contributed by atoms with Gasteiger partial charge >= 0.3 is 0 Å². The summed E-state index contributed by atoms with van der Waals surface area (Å²) in [5.74, 6) is -0.246. The molecule has 30 heavy (non-hydrogen) atoms. The first-order valence-electron chi connectivity index (χ1n) is 9.46. The van der Waals surface area contributed by atoms with Crippen molar-refractivity contribution in [1.82, 2.24) is 9.21 Å². The summed E-state index contributed by atoms with van der Waals surface area (Å²) in [5, 5.41) is 13.5. The monoisotopic (exact) mass is 452 g/mol. The fraction of sp³-hybridized carbons (Fsp3) is 0.421. The van der Waals surface area contributed by atoms with Gasteiger partial charge in [-0.3, -0.25) is 19.8 Å². The molecule has 2 aromatic rings. The van der Waals surface area contributed by atoms with Crippen molar-refractivity contribution < 1.29 is 18.1 Å². The van der Waals surface area contributed by atoms with Gasteiger partial charge < -0.3 is 5.32 Å². The van der Waals surface area contributed by atoms with E-state index in [1.165, 1.54) is 39.9 Å². The maximum atomic E-state index is 12.9. The Balaban J connectivity index is 1.59. The quantitative estimate of drug-likeness (QED) is 0.532. The van der Waals surface area contributed by atoms with E-state index in [0.29, 0.717) is 36.8 Å². The van der Waals surface area contributed by atoms with Crippen molar-refractivity contribution in [3.8, 4) is 0 Å². The van der Waals surface area contributed by atoms with Gasteiger partial charge in [0.2, 0.25) is 15.9 Å². The molecule has 1 aromatic carbocycles. The number of amides is 1. The van der Waals surface area contributed by atoms with Gasteiger partial charge in [0.05, 0.1) is 15.9 Å². The average molecular weight is 453 g/mol. The molecule has 0 bridgehead atoms. The number of nitrogens with zero attached hydrogens (tertiary/aromatic N) is 3. The highest BCUT2D eigenvalue weighted by atomic mass is 32.2. The van der Waals surface area contributed by atoms with Crippen LogP contribution in [-0.4, -0.2) is 60.7 Å². The van der Waals surface area contributed by atoms with Crippen molar-refractivity contribution in [2.75, 3.05) is 31.5 Å². The molecule has 1 aliphatic rings. The Hall–Kier alpha value is -2.34. The minimum Gasteiger partial charge on any atom is -0.325 e. The SMILES string of the molecule is Cc1cc(S(=O)(=O)N2CCN(C(C)C(=O)Nc3ccc([N+](=O)[O-])cc3)CC2)c(C)s1. The number of thiophene rings is 1. The number of rotatable bonds is 6. The number of aryl methyl sites for hydroxylation is 2. The van der Waals surface area contributed by atoms with Crippen LogP contribution in [0.3, 0.4) is 0 Å². The molecule has 1 amide bonds. The van der Waals surface area contributed by atoms with E-state index >= 15 is 0 Å². The minimum absolute atomic E-state index is 0.0468. The molecule has 0 saturated carbocycles. The van der Waals surface area contributed by atoms with Crippen molar-refractivity contribution >= 4 is 38.6 Å². The summed E-state index contributed by atoms with van der Waals surface area (Å²) in [6.07, 6.45) is 0. The van der Waals surface area contributed by atoms with Crippen LogP contribution in [0.25, 0.3) is 0 Å². The van der Waals surface area contributed by atoms with Crippen LogP contribution in [0.5, 0.6) is 0 Å². The number of carbonyl (C=O) groups is 1. The lowest BCUT2D eigenvalue weighted by atomic mass is 10.2. The Labute approximate surface area is 179 Å². The van der Waals surface area contributed by atoms with Gasteiger partial charge in [-0.25, -0.2) is 8.42 Å². The number of hydrogen-bond donors (Lipinski definition) is 1. The molecule has 1 unspecified atom stereocenters. The zero-order valence-corrected chi connectivity index (χ0v) is 18.6. The molecule has 1 saturated heterocycles. The first kappa shape index (κ1) is 22.3. The number of nitrogens with one attached hydrogen (secondary N) is 1. The normalized spacial score (nSPS) is 16.9. The van der Waals surface area contributed by atoms with E-state index in [0.717, 1.165) is 9.75 Å². The molecule has 1 N–H and O–H groups in total. The summed E-state index contributed by atoms with van der Waals surface area (Å²) < 4.78 is 27.3. The summed E-state index contributed by atoms with van der Waals surface area (Å²) in [4.78, 5) is 26.8. The zero-order valence-electron chi connectivity index (χ0n) is 17.0. The Bertz CT molecular complexity index is 1040. The number of anilines is 1. The van der Waals surface area contributed by atoms with Gasteiger partial charge in [0, 0.05) is 53.8 Å². The maximum Gasteiger partial charge on any atom is 0.269 e. The Morgan fingerprint density at radius 1 is 1.17 bits per heavy atom. The lowest BCUT2D eigenvalue weighted by molar-refractivity contribution is -0.384. The summed E-state index contributed by atoms with van der Waals surface area (Å²) in [5.41, 5.74) is 0.427. The number of nitro benzene ring substituents is 1. The molecule has 11 heteroatoms. The summed E-state index contributed by atoms with van der Waals surface area (Å²) in [6, 6.07) is 6.88. The van der Waals surface area contributed by atoms with E-state index in [4.69, 9.17) is 0 Å². The smallest absolute Gasteiger partial charge is 0.269 e. The third kappa shape index (κ3) is 4.69. The van der Waals surface area contributed by atoms with Crippen molar-refractivity contribution in [2.24, 2.45) is 0 Å². The number of piperazine rings is 1. The van der Waals surface area contributed by atoms with Gasteiger partial charge in [0.25, 0.3) is 5.69 Å². The highest BCUT2D eigenvalue weighted by Crippen LogP contribution is 2.28. The number of carbonyl (C=O) groups excluding carboxylic acids is 1.